The van der Waals surface area contributed by atoms with Crippen LogP contribution in [0.3, 0.4) is 0 Å². The molecule has 0 aliphatic carbocycles. The van der Waals surface area contributed by atoms with Gasteiger partial charge in [-0.25, -0.2) is 0 Å². The first-order valence-electron chi connectivity index (χ1n) is 6.81. The normalized spacial score (nSPS) is 28.5. The van der Waals surface area contributed by atoms with Crippen molar-refractivity contribution in [3.63, 3.8) is 0 Å². The van der Waals surface area contributed by atoms with Crippen molar-refractivity contribution < 1.29 is 9.53 Å². The molecule has 1 N–H and O–H groups in total. The fraction of sp³-hybridized carbons (Fsp3) is 0.923. The molecule has 0 aromatic heterocycles. The maximum atomic E-state index is 12.0. The molecule has 0 radical (unpaired) electrons. The van der Waals surface area contributed by atoms with Crippen LogP contribution in [0.15, 0.2) is 0 Å². The van der Waals surface area contributed by atoms with Crippen molar-refractivity contribution in [2.24, 2.45) is 11.3 Å². The van der Waals surface area contributed by atoms with Gasteiger partial charge in [-0.2, -0.15) is 0 Å². The Morgan fingerprint density at radius 3 is 2.71 bits per heavy atom. The van der Waals surface area contributed by atoms with Gasteiger partial charge in [-0.05, 0) is 44.8 Å². The van der Waals surface area contributed by atoms with Gasteiger partial charge in [0, 0.05) is 13.1 Å². The number of hydrogen-bond donors (Lipinski definition) is 1. The largest absolute Gasteiger partial charge is 0.466 e. The molecule has 1 atom stereocenters. The quantitative estimate of drug-likeness (QED) is 0.743. The summed E-state index contributed by atoms with van der Waals surface area (Å²) in [5, 5.41) is 3.39. The van der Waals surface area contributed by atoms with Gasteiger partial charge in [0.05, 0.1) is 12.5 Å². The van der Waals surface area contributed by atoms with E-state index < -0.39 is 0 Å². The second kappa shape index (κ2) is 5.36. The second-order valence-corrected chi connectivity index (χ2v) is 5.23. The first kappa shape index (κ1) is 12.8. The maximum absolute atomic E-state index is 12.0. The summed E-state index contributed by atoms with van der Waals surface area (Å²) in [5.74, 6) is 0.0731. The Bertz CT molecular complexity index is 273. The highest BCUT2D eigenvalue weighted by Gasteiger charge is 2.48. The highest BCUT2D eigenvalue weighted by atomic mass is 16.5. The molecule has 98 valence electrons. The Kier molecular flexibility index (Phi) is 4.05. The number of piperidine rings is 1. The third-order valence-electron chi connectivity index (χ3n) is 4.43. The summed E-state index contributed by atoms with van der Waals surface area (Å²) in [6, 6.07) is 0. The number of carbonyl (C=O) groups excluding carboxylic acids is 1. The number of carbonyl (C=O) groups is 1. The van der Waals surface area contributed by atoms with Crippen molar-refractivity contribution in [3.05, 3.63) is 0 Å². The summed E-state index contributed by atoms with van der Waals surface area (Å²) < 4.78 is 5.21. The van der Waals surface area contributed by atoms with Gasteiger partial charge in [0.15, 0.2) is 0 Å². The molecule has 0 aromatic carbocycles. The number of likely N-dealkylation sites (tertiary alicyclic amines) is 1. The van der Waals surface area contributed by atoms with E-state index in [1.807, 2.05) is 6.92 Å². The van der Waals surface area contributed by atoms with Crippen LogP contribution < -0.4 is 5.32 Å². The molecule has 0 amide bonds. The molecule has 1 spiro atoms. The van der Waals surface area contributed by atoms with Gasteiger partial charge in [0.2, 0.25) is 0 Å². The molecule has 2 aliphatic rings. The molecule has 4 nitrogen and oxygen atoms in total. The van der Waals surface area contributed by atoms with E-state index in [0.717, 1.165) is 45.6 Å². The summed E-state index contributed by atoms with van der Waals surface area (Å²) in [5.41, 5.74) is 0.165. The van der Waals surface area contributed by atoms with Crippen LogP contribution in [0.4, 0.5) is 0 Å². The summed E-state index contributed by atoms with van der Waals surface area (Å²) in [6.45, 7) is 9.71. The van der Waals surface area contributed by atoms with E-state index in [-0.39, 0.29) is 17.3 Å². The molecular weight excluding hydrogens is 216 g/mol. The molecule has 1 unspecified atom stereocenters. The fourth-order valence-electron chi connectivity index (χ4n) is 3.22. The van der Waals surface area contributed by atoms with Gasteiger partial charge in [-0.1, -0.05) is 6.92 Å². The van der Waals surface area contributed by atoms with E-state index in [1.54, 1.807) is 0 Å². The fourth-order valence-corrected chi connectivity index (χ4v) is 3.22. The lowest BCUT2D eigenvalue weighted by Crippen LogP contribution is -2.46. The highest BCUT2D eigenvalue weighted by Crippen LogP contribution is 2.41. The maximum Gasteiger partial charge on any atom is 0.310 e. The zero-order valence-electron chi connectivity index (χ0n) is 11.0. The minimum absolute atomic E-state index is 0.00227. The van der Waals surface area contributed by atoms with E-state index in [2.05, 4.69) is 17.1 Å². The average Bonchev–Trinajstić information content (AvgIpc) is 2.74. The van der Waals surface area contributed by atoms with Gasteiger partial charge >= 0.3 is 5.97 Å². The number of esters is 1. The lowest BCUT2D eigenvalue weighted by molar-refractivity contribution is -0.152. The van der Waals surface area contributed by atoms with Crippen LogP contribution >= 0.6 is 0 Å². The van der Waals surface area contributed by atoms with Crippen molar-refractivity contribution in [1.82, 2.24) is 10.2 Å². The molecular formula is C13H24N2O2. The van der Waals surface area contributed by atoms with Gasteiger partial charge < -0.3 is 15.0 Å². The van der Waals surface area contributed by atoms with Crippen molar-refractivity contribution in [2.75, 3.05) is 39.3 Å². The van der Waals surface area contributed by atoms with Crippen LogP contribution in [0.5, 0.6) is 0 Å². The monoisotopic (exact) mass is 240 g/mol. The molecule has 0 saturated carbocycles. The van der Waals surface area contributed by atoms with E-state index in [4.69, 9.17) is 4.74 Å². The molecule has 4 heteroatoms. The van der Waals surface area contributed by atoms with Crippen molar-refractivity contribution in [2.45, 2.75) is 26.7 Å². The third kappa shape index (κ3) is 2.47. The lowest BCUT2D eigenvalue weighted by atomic mass is 9.71. The van der Waals surface area contributed by atoms with E-state index >= 15 is 0 Å². The predicted molar refractivity (Wildman–Crippen MR) is 66.8 cm³/mol. The minimum Gasteiger partial charge on any atom is -0.466 e. The molecule has 2 fully saturated rings. The van der Waals surface area contributed by atoms with Crippen LogP contribution in [0.1, 0.15) is 26.7 Å². The van der Waals surface area contributed by atoms with Gasteiger partial charge in [0.1, 0.15) is 0 Å². The number of ether oxygens (including phenoxy) is 1. The third-order valence-corrected chi connectivity index (χ3v) is 4.43. The minimum atomic E-state index is 0.00227. The van der Waals surface area contributed by atoms with Gasteiger partial charge in [-0.3, -0.25) is 4.79 Å². The van der Waals surface area contributed by atoms with Gasteiger partial charge in [-0.15, -0.1) is 0 Å². The first-order chi connectivity index (χ1) is 8.22. The Hall–Kier alpha value is -0.610. The number of rotatable bonds is 3. The number of nitrogens with one attached hydrogen (secondary N) is 1. The summed E-state index contributed by atoms with van der Waals surface area (Å²) in [4.78, 5) is 14.5. The predicted octanol–water partition coefficient (Wildman–Crippen LogP) is 0.871. The zero-order valence-corrected chi connectivity index (χ0v) is 11.0. The molecule has 2 rings (SSSR count). The summed E-state index contributed by atoms with van der Waals surface area (Å²) in [6.07, 6.45) is 2.24. The Morgan fingerprint density at radius 2 is 2.12 bits per heavy atom. The van der Waals surface area contributed by atoms with Crippen LogP contribution in [-0.4, -0.2) is 50.2 Å². The number of nitrogens with zero attached hydrogens (tertiary/aromatic N) is 1. The molecule has 2 heterocycles. The Morgan fingerprint density at radius 1 is 1.41 bits per heavy atom. The lowest BCUT2D eigenvalue weighted by Gasteiger charge is -2.41. The van der Waals surface area contributed by atoms with E-state index in [0.29, 0.717) is 6.61 Å². The topological polar surface area (TPSA) is 41.6 Å². The SMILES string of the molecule is CCOC(=O)C1CNCC12CCN(CC)CC2. The van der Waals surface area contributed by atoms with E-state index in [9.17, 15) is 4.79 Å². The van der Waals surface area contributed by atoms with Crippen LogP contribution in [0.25, 0.3) is 0 Å². The van der Waals surface area contributed by atoms with Crippen LogP contribution in [0, 0.1) is 11.3 Å². The molecule has 17 heavy (non-hydrogen) atoms. The smallest absolute Gasteiger partial charge is 0.310 e. The van der Waals surface area contributed by atoms with Crippen molar-refractivity contribution in [3.8, 4) is 0 Å². The Labute approximate surface area is 104 Å². The van der Waals surface area contributed by atoms with E-state index in [1.165, 1.54) is 0 Å². The van der Waals surface area contributed by atoms with Crippen LogP contribution in [-0.2, 0) is 9.53 Å². The number of hydrogen-bond acceptors (Lipinski definition) is 4. The van der Waals surface area contributed by atoms with Crippen LogP contribution in [0.2, 0.25) is 0 Å². The first-order valence-corrected chi connectivity index (χ1v) is 6.81. The van der Waals surface area contributed by atoms with Crippen molar-refractivity contribution >= 4 is 5.97 Å². The average molecular weight is 240 g/mol. The van der Waals surface area contributed by atoms with Gasteiger partial charge in [0.25, 0.3) is 0 Å². The Balaban J connectivity index is 2.01. The molecule has 2 saturated heterocycles. The summed E-state index contributed by atoms with van der Waals surface area (Å²) >= 11 is 0. The van der Waals surface area contributed by atoms with Crippen molar-refractivity contribution in [1.29, 1.82) is 0 Å². The highest BCUT2D eigenvalue weighted by molar-refractivity contribution is 5.74. The summed E-state index contributed by atoms with van der Waals surface area (Å²) in [7, 11) is 0. The molecule has 0 bridgehead atoms. The zero-order chi connectivity index (χ0) is 12.3. The standard InChI is InChI=1S/C13H24N2O2/c1-3-15-7-5-13(6-8-15)10-14-9-11(13)12(16)17-4-2/h11,14H,3-10H2,1-2H3. The molecule has 0 aromatic rings. The second-order valence-electron chi connectivity index (χ2n) is 5.23. The molecule has 2 aliphatic heterocycles.